The van der Waals surface area contributed by atoms with Crippen LogP contribution in [-0.2, 0) is 10.0 Å². The molecule has 0 atom stereocenters. The molecule has 148 valence electrons. The summed E-state index contributed by atoms with van der Waals surface area (Å²) >= 11 is 0.986. The molecule has 0 aliphatic carbocycles. The predicted octanol–water partition coefficient (Wildman–Crippen LogP) is 2.96. The zero-order chi connectivity index (χ0) is 20.5. The minimum Gasteiger partial charge on any atom is -0.383 e. The van der Waals surface area contributed by atoms with Gasteiger partial charge in [-0.1, -0.05) is 6.92 Å². The van der Waals surface area contributed by atoms with E-state index in [4.69, 9.17) is 5.73 Å². The van der Waals surface area contributed by atoms with Crippen LogP contribution in [0.25, 0.3) is 10.9 Å². The number of anilines is 3. The standard InChI is InChI=1S/C16H15F2N5O3S2/c1-2-5-28(25,26)23-10-4-3-9(17)13(11(10)18)22-16(24)14-12-8(6-27-14)15(19)21-7-20-12/h3-4,6-7,23H,2,5H2,1H3,(H,22,24)(H2,19,20,21). The van der Waals surface area contributed by atoms with Crippen LogP contribution in [0.2, 0.25) is 0 Å². The fraction of sp³-hybridized carbons (Fsp3) is 0.188. The Morgan fingerprint density at radius 3 is 2.75 bits per heavy atom. The van der Waals surface area contributed by atoms with Crippen molar-refractivity contribution >= 4 is 55.4 Å². The van der Waals surface area contributed by atoms with Crippen molar-refractivity contribution in [2.75, 3.05) is 21.5 Å². The van der Waals surface area contributed by atoms with Crippen molar-refractivity contribution in [3.05, 3.63) is 40.4 Å². The van der Waals surface area contributed by atoms with Crippen LogP contribution in [0.15, 0.2) is 23.8 Å². The number of carbonyl (C=O) groups is 1. The first-order chi connectivity index (χ1) is 13.2. The molecule has 0 bridgehead atoms. The fourth-order valence-corrected chi connectivity index (χ4v) is 4.48. The molecule has 0 spiro atoms. The highest BCUT2D eigenvalue weighted by Crippen LogP contribution is 2.30. The summed E-state index contributed by atoms with van der Waals surface area (Å²) in [5.41, 5.74) is 4.72. The number of benzene rings is 1. The molecule has 0 unspecified atom stereocenters. The number of thiophene rings is 1. The summed E-state index contributed by atoms with van der Waals surface area (Å²) in [5.74, 6) is -3.16. The summed E-state index contributed by atoms with van der Waals surface area (Å²) in [5, 5.41) is 4.14. The largest absolute Gasteiger partial charge is 0.383 e. The van der Waals surface area contributed by atoms with Crippen LogP contribution >= 0.6 is 11.3 Å². The van der Waals surface area contributed by atoms with Gasteiger partial charge in [0.05, 0.1) is 22.3 Å². The highest BCUT2D eigenvalue weighted by atomic mass is 32.2. The van der Waals surface area contributed by atoms with Crippen LogP contribution in [0.1, 0.15) is 23.0 Å². The van der Waals surface area contributed by atoms with Gasteiger partial charge in [-0.15, -0.1) is 11.3 Å². The lowest BCUT2D eigenvalue weighted by Gasteiger charge is -2.12. The minimum atomic E-state index is -3.80. The smallest absolute Gasteiger partial charge is 0.268 e. The molecule has 8 nitrogen and oxygen atoms in total. The molecule has 1 aromatic carbocycles. The number of halogens is 2. The number of amides is 1. The van der Waals surface area contributed by atoms with Crippen LogP contribution in [-0.4, -0.2) is 30.0 Å². The van der Waals surface area contributed by atoms with E-state index in [0.717, 1.165) is 23.5 Å². The van der Waals surface area contributed by atoms with Gasteiger partial charge < -0.3 is 11.1 Å². The molecule has 2 aromatic heterocycles. The number of nitrogens with zero attached hydrogens (tertiary/aromatic N) is 2. The van der Waals surface area contributed by atoms with E-state index in [1.54, 1.807) is 12.3 Å². The van der Waals surface area contributed by atoms with E-state index in [0.29, 0.717) is 11.8 Å². The maximum atomic E-state index is 14.7. The molecule has 4 N–H and O–H groups in total. The van der Waals surface area contributed by atoms with Crippen LogP contribution in [0, 0.1) is 11.6 Å². The third-order valence-electron chi connectivity index (χ3n) is 3.70. The molecular weight excluding hydrogens is 412 g/mol. The maximum absolute atomic E-state index is 14.7. The van der Waals surface area contributed by atoms with E-state index < -0.39 is 38.9 Å². The van der Waals surface area contributed by atoms with Crippen LogP contribution in [0.5, 0.6) is 0 Å². The maximum Gasteiger partial charge on any atom is 0.268 e. The van der Waals surface area contributed by atoms with Crippen molar-refractivity contribution in [1.29, 1.82) is 0 Å². The van der Waals surface area contributed by atoms with Gasteiger partial charge in [0.25, 0.3) is 5.91 Å². The van der Waals surface area contributed by atoms with E-state index in [1.807, 2.05) is 4.72 Å². The Kier molecular flexibility index (Phi) is 5.42. The van der Waals surface area contributed by atoms with Gasteiger partial charge in [0.1, 0.15) is 28.5 Å². The Morgan fingerprint density at radius 2 is 2.04 bits per heavy atom. The van der Waals surface area contributed by atoms with Gasteiger partial charge in [-0.3, -0.25) is 9.52 Å². The van der Waals surface area contributed by atoms with Gasteiger partial charge in [0.2, 0.25) is 10.0 Å². The number of sulfonamides is 1. The SMILES string of the molecule is CCCS(=O)(=O)Nc1ccc(F)c(NC(=O)c2scc3c(N)ncnc23)c1F. The summed E-state index contributed by atoms with van der Waals surface area (Å²) < 4.78 is 54.5. The van der Waals surface area contributed by atoms with Crippen molar-refractivity contribution in [3.63, 3.8) is 0 Å². The molecule has 0 saturated carbocycles. The number of rotatable bonds is 6. The number of nitrogen functional groups attached to an aromatic ring is 1. The van der Waals surface area contributed by atoms with Crippen molar-refractivity contribution in [2.24, 2.45) is 0 Å². The minimum absolute atomic E-state index is 0.0832. The second kappa shape index (κ2) is 7.64. The average molecular weight is 427 g/mol. The van der Waals surface area contributed by atoms with Gasteiger partial charge in [-0.05, 0) is 18.6 Å². The van der Waals surface area contributed by atoms with Crippen LogP contribution in [0.4, 0.5) is 26.0 Å². The normalized spacial score (nSPS) is 11.5. The molecule has 3 rings (SSSR count). The molecule has 3 aromatic rings. The van der Waals surface area contributed by atoms with Crippen molar-refractivity contribution in [2.45, 2.75) is 13.3 Å². The van der Waals surface area contributed by atoms with Crippen molar-refractivity contribution < 1.29 is 22.0 Å². The zero-order valence-electron chi connectivity index (χ0n) is 14.5. The number of nitrogens with one attached hydrogen (secondary N) is 2. The first-order valence-electron chi connectivity index (χ1n) is 8.01. The Balaban J connectivity index is 1.94. The third-order valence-corrected chi connectivity index (χ3v) is 6.14. The second-order valence-electron chi connectivity index (χ2n) is 5.75. The summed E-state index contributed by atoms with van der Waals surface area (Å²) in [6.07, 6.45) is 1.49. The molecule has 0 aliphatic rings. The molecule has 0 radical (unpaired) electrons. The quantitative estimate of drug-likeness (QED) is 0.555. The van der Waals surface area contributed by atoms with Crippen LogP contribution in [0.3, 0.4) is 0 Å². The number of carbonyl (C=O) groups excluding carboxylic acids is 1. The first-order valence-corrected chi connectivity index (χ1v) is 10.5. The summed E-state index contributed by atoms with van der Waals surface area (Å²) in [6.45, 7) is 1.65. The highest BCUT2D eigenvalue weighted by Gasteiger charge is 2.22. The molecular formula is C16H15F2N5O3S2. The Bertz CT molecular complexity index is 1160. The average Bonchev–Trinajstić information content (AvgIpc) is 3.06. The summed E-state index contributed by atoms with van der Waals surface area (Å²) in [6, 6.07) is 1.80. The molecule has 0 saturated heterocycles. The van der Waals surface area contributed by atoms with Gasteiger partial charge in [0.15, 0.2) is 5.82 Å². The number of hydrogen-bond donors (Lipinski definition) is 3. The topological polar surface area (TPSA) is 127 Å². The molecule has 28 heavy (non-hydrogen) atoms. The van der Waals surface area contributed by atoms with Crippen molar-refractivity contribution in [1.82, 2.24) is 9.97 Å². The predicted molar refractivity (Wildman–Crippen MR) is 104 cm³/mol. The molecule has 1 amide bonds. The molecule has 0 aliphatic heterocycles. The first kappa shape index (κ1) is 19.9. The Labute approximate surface area is 162 Å². The fourth-order valence-electron chi connectivity index (χ4n) is 2.44. The second-order valence-corrected chi connectivity index (χ2v) is 8.47. The lowest BCUT2D eigenvalue weighted by atomic mass is 10.2. The number of fused-ring (bicyclic) bond motifs is 1. The van der Waals surface area contributed by atoms with E-state index >= 15 is 0 Å². The zero-order valence-corrected chi connectivity index (χ0v) is 16.1. The van der Waals surface area contributed by atoms with E-state index in [-0.39, 0.29) is 22.0 Å². The number of hydrogen-bond acceptors (Lipinski definition) is 7. The molecule has 0 fully saturated rings. The Hall–Kier alpha value is -2.86. The third kappa shape index (κ3) is 3.87. The Morgan fingerprint density at radius 1 is 1.29 bits per heavy atom. The van der Waals surface area contributed by atoms with E-state index in [9.17, 15) is 22.0 Å². The monoisotopic (exact) mass is 427 g/mol. The lowest BCUT2D eigenvalue weighted by molar-refractivity contribution is 0.103. The summed E-state index contributed by atoms with van der Waals surface area (Å²) in [7, 11) is -3.80. The number of nitrogens with two attached hydrogens (primary N) is 1. The summed E-state index contributed by atoms with van der Waals surface area (Å²) in [4.78, 5) is 20.4. The van der Waals surface area contributed by atoms with Gasteiger partial charge in [-0.25, -0.2) is 27.2 Å². The van der Waals surface area contributed by atoms with Gasteiger partial charge >= 0.3 is 0 Å². The lowest BCUT2D eigenvalue weighted by Crippen LogP contribution is -2.19. The molecule has 12 heteroatoms. The number of aromatic nitrogens is 2. The molecule has 2 heterocycles. The highest BCUT2D eigenvalue weighted by molar-refractivity contribution is 7.92. The van der Waals surface area contributed by atoms with Crippen molar-refractivity contribution in [3.8, 4) is 0 Å². The van der Waals surface area contributed by atoms with Gasteiger partial charge in [0, 0.05) is 5.38 Å². The van der Waals surface area contributed by atoms with E-state index in [1.165, 1.54) is 6.33 Å². The van der Waals surface area contributed by atoms with E-state index in [2.05, 4.69) is 15.3 Å². The van der Waals surface area contributed by atoms with Gasteiger partial charge in [-0.2, -0.15) is 0 Å². The van der Waals surface area contributed by atoms with Crippen LogP contribution < -0.4 is 15.8 Å².